The average molecular weight is 853 g/mol. The molecule has 1 heteroatoms. The van der Waals surface area contributed by atoms with Crippen molar-refractivity contribution >= 4 is 17.7 Å². The van der Waals surface area contributed by atoms with E-state index in [1.54, 1.807) is 28.9 Å². The smallest absolute Gasteiger partial charge is 0.123 e. The molecule has 0 amide bonds. The second-order valence-corrected chi connectivity index (χ2v) is 17.7. The molecule has 0 heterocycles. The van der Waals surface area contributed by atoms with E-state index in [0.717, 1.165) is 12.0 Å². The zero-order chi connectivity index (χ0) is 47.4. The summed E-state index contributed by atoms with van der Waals surface area (Å²) in [5.41, 5.74) is 21.8. The van der Waals surface area contributed by atoms with Crippen LogP contribution in [0.15, 0.2) is 170 Å². The van der Waals surface area contributed by atoms with E-state index in [9.17, 15) is 4.39 Å². The first-order valence-corrected chi connectivity index (χ1v) is 23.3. The normalized spacial score (nSPS) is 13.1. The van der Waals surface area contributed by atoms with Crippen molar-refractivity contribution in [2.24, 2.45) is 5.92 Å². The Morgan fingerprint density at radius 1 is 0.688 bits per heavy atom. The molecule has 64 heavy (non-hydrogen) atoms. The fourth-order valence-electron chi connectivity index (χ4n) is 8.55. The molecule has 2 aliphatic carbocycles. The van der Waals surface area contributed by atoms with Crippen molar-refractivity contribution in [3.63, 3.8) is 0 Å². The third-order valence-corrected chi connectivity index (χ3v) is 12.1. The maximum Gasteiger partial charge on any atom is 0.123 e. The average Bonchev–Trinajstić information content (AvgIpc) is 3.49. The Hall–Kier alpha value is -5.79. The Balaban J connectivity index is 0.000000231. The second kappa shape index (κ2) is 26.1. The van der Waals surface area contributed by atoms with Gasteiger partial charge in [-0.2, -0.15) is 0 Å². The minimum atomic E-state index is -0.162. The van der Waals surface area contributed by atoms with Gasteiger partial charge in [-0.3, -0.25) is 0 Å². The Kier molecular flexibility index (Phi) is 21.4. The minimum absolute atomic E-state index is 0.0406. The van der Waals surface area contributed by atoms with Crippen molar-refractivity contribution in [2.75, 3.05) is 0 Å². The Bertz CT molecular complexity index is 2410. The first-order valence-electron chi connectivity index (χ1n) is 23.3. The van der Waals surface area contributed by atoms with Gasteiger partial charge in [-0.15, -0.1) is 0 Å². The van der Waals surface area contributed by atoms with E-state index in [0.29, 0.717) is 5.92 Å². The highest BCUT2D eigenvalue weighted by molar-refractivity contribution is 5.91. The molecule has 0 radical (unpaired) electrons. The molecule has 0 saturated heterocycles. The van der Waals surface area contributed by atoms with E-state index < -0.39 is 0 Å². The lowest BCUT2D eigenvalue weighted by molar-refractivity contribution is 0.626. The zero-order valence-electron chi connectivity index (χ0n) is 41.3. The van der Waals surface area contributed by atoms with Gasteiger partial charge in [-0.25, -0.2) is 4.39 Å². The van der Waals surface area contributed by atoms with Crippen LogP contribution in [-0.2, 0) is 5.41 Å². The van der Waals surface area contributed by atoms with Gasteiger partial charge in [0, 0.05) is 5.41 Å². The van der Waals surface area contributed by atoms with E-state index in [2.05, 4.69) is 162 Å². The van der Waals surface area contributed by atoms with Gasteiger partial charge in [0.15, 0.2) is 0 Å². The SMILES string of the molecule is C=C/C=C(\C=C)CC.C=Cc1c(C)cc2c(c1C=C)-c1ccc(C)cc1C2(C)C.CCCCC1=C(c2ccccc2C)CCC=C1C(C)C.Cc1cccc(F)c1.Cc1ccccc1. The highest BCUT2D eigenvalue weighted by atomic mass is 19.1. The summed E-state index contributed by atoms with van der Waals surface area (Å²) in [4.78, 5) is 0. The van der Waals surface area contributed by atoms with E-state index >= 15 is 0 Å². The van der Waals surface area contributed by atoms with Gasteiger partial charge in [0.2, 0.25) is 0 Å². The lowest BCUT2D eigenvalue weighted by Gasteiger charge is -2.26. The molecule has 0 aliphatic heterocycles. The number of hydrogen-bond donors (Lipinski definition) is 0. The molecule has 0 atom stereocenters. The second-order valence-electron chi connectivity index (χ2n) is 17.7. The molecule has 5 aromatic rings. The molecule has 0 spiro atoms. The fourth-order valence-corrected chi connectivity index (χ4v) is 8.55. The Morgan fingerprint density at radius 3 is 1.83 bits per heavy atom. The van der Waals surface area contributed by atoms with Crippen LogP contribution in [-0.4, -0.2) is 0 Å². The molecule has 336 valence electrons. The van der Waals surface area contributed by atoms with Gasteiger partial charge >= 0.3 is 0 Å². The van der Waals surface area contributed by atoms with E-state index in [-0.39, 0.29) is 11.2 Å². The number of allylic oxidation sites excluding steroid dienone is 8. The molecule has 0 nitrogen and oxygen atoms in total. The number of aryl methyl sites for hydroxylation is 5. The van der Waals surface area contributed by atoms with Crippen LogP contribution < -0.4 is 0 Å². The minimum Gasteiger partial charge on any atom is -0.207 e. The number of halogens is 1. The molecule has 0 fully saturated rings. The molecule has 5 aromatic carbocycles. The maximum atomic E-state index is 12.2. The topological polar surface area (TPSA) is 0 Å². The number of benzene rings is 5. The summed E-state index contributed by atoms with van der Waals surface area (Å²) in [5, 5.41) is 0. The van der Waals surface area contributed by atoms with Crippen LogP contribution in [0.25, 0.3) is 28.9 Å². The third kappa shape index (κ3) is 14.4. The van der Waals surface area contributed by atoms with Crippen LogP contribution in [0.3, 0.4) is 0 Å². The molecule has 7 rings (SSSR count). The number of unbranched alkanes of at least 4 members (excludes halogenated alkanes) is 1. The van der Waals surface area contributed by atoms with Gasteiger partial charge in [0.25, 0.3) is 0 Å². The standard InChI is InChI=1S/C21H22.C20H28.C8H12.C7H7F.C7H8/c1-7-15-14(4)12-19-20(16(15)8-2)17-10-9-13(3)11-18(17)21(19,5)6;1-5-6-11-19-17(15(2)3)13-9-14-20(19)18-12-8-7-10-16(18)4;1-4-7-8(5-2)6-3;1-6-3-2-4-7(8)5-6;1-7-5-3-2-4-6-7/h7-12H,1-2H2,3-6H3;7-8,10,12-13,15H,5-6,9,11,14H2,1-4H3;4-5,7H,1-2,6H2,3H3;2-5H,1H3;2-6H,1H3/b;;8-7+;;. The predicted molar refractivity (Wildman–Crippen MR) is 285 cm³/mol. The molecular weight excluding hydrogens is 776 g/mol. The molecule has 0 N–H and O–H groups in total. The van der Waals surface area contributed by atoms with Crippen LogP contribution in [0.2, 0.25) is 0 Å². The van der Waals surface area contributed by atoms with Crippen molar-refractivity contribution in [2.45, 2.75) is 120 Å². The van der Waals surface area contributed by atoms with E-state index in [4.69, 9.17) is 0 Å². The summed E-state index contributed by atoms with van der Waals surface area (Å²) in [6, 6.07) is 34.7. The predicted octanol–water partition coefficient (Wildman–Crippen LogP) is 19.0. The van der Waals surface area contributed by atoms with Crippen molar-refractivity contribution < 1.29 is 4.39 Å². The maximum absolute atomic E-state index is 12.2. The van der Waals surface area contributed by atoms with Gasteiger partial charge in [0.1, 0.15) is 5.82 Å². The summed E-state index contributed by atoms with van der Waals surface area (Å²) in [5.74, 6) is 0.478. The quantitative estimate of drug-likeness (QED) is 0.123. The Labute approximate surface area is 389 Å². The van der Waals surface area contributed by atoms with Crippen molar-refractivity contribution in [3.05, 3.63) is 232 Å². The number of rotatable bonds is 10. The largest absolute Gasteiger partial charge is 0.207 e. The lowest BCUT2D eigenvalue weighted by Crippen LogP contribution is -2.15. The number of fused-ring (bicyclic) bond motifs is 3. The lowest BCUT2D eigenvalue weighted by atomic mass is 9.79. The summed E-state index contributed by atoms with van der Waals surface area (Å²) >= 11 is 0. The summed E-state index contributed by atoms with van der Waals surface area (Å²) in [7, 11) is 0. The van der Waals surface area contributed by atoms with Gasteiger partial charge in [-0.05, 0) is 163 Å². The Morgan fingerprint density at radius 2 is 1.33 bits per heavy atom. The summed E-state index contributed by atoms with van der Waals surface area (Å²) in [6.07, 6.45) is 19.3. The van der Waals surface area contributed by atoms with Crippen molar-refractivity contribution in [3.8, 4) is 11.1 Å². The monoisotopic (exact) mass is 853 g/mol. The van der Waals surface area contributed by atoms with Crippen molar-refractivity contribution in [1.29, 1.82) is 0 Å². The van der Waals surface area contributed by atoms with E-state index in [1.807, 2.05) is 55.5 Å². The number of hydrogen-bond acceptors (Lipinski definition) is 0. The highest BCUT2D eigenvalue weighted by Gasteiger charge is 2.37. The van der Waals surface area contributed by atoms with Gasteiger partial charge in [-0.1, -0.05) is 213 Å². The zero-order valence-corrected chi connectivity index (χ0v) is 41.3. The van der Waals surface area contributed by atoms with Crippen molar-refractivity contribution in [1.82, 2.24) is 0 Å². The van der Waals surface area contributed by atoms with Crippen LogP contribution >= 0.6 is 0 Å². The van der Waals surface area contributed by atoms with Crippen LogP contribution in [0.5, 0.6) is 0 Å². The highest BCUT2D eigenvalue weighted by Crippen LogP contribution is 2.52. The van der Waals surface area contributed by atoms with E-state index in [1.165, 1.54) is 111 Å². The fraction of sp³-hybridized carbons (Fsp3) is 0.302. The van der Waals surface area contributed by atoms with Crippen LogP contribution in [0.1, 0.15) is 136 Å². The molecule has 0 bridgehead atoms. The summed E-state index contributed by atoms with van der Waals surface area (Å²) < 4.78 is 12.2. The molecule has 0 aromatic heterocycles. The summed E-state index contributed by atoms with van der Waals surface area (Å²) in [6.45, 7) is 39.4. The van der Waals surface area contributed by atoms with Crippen LogP contribution in [0.4, 0.5) is 4.39 Å². The van der Waals surface area contributed by atoms with Gasteiger partial charge in [0.05, 0.1) is 0 Å². The molecular formula is C63H77F. The molecule has 2 aliphatic rings. The first-order chi connectivity index (χ1) is 30.6. The third-order valence-electron chi connectivity index (χ3n) is 12.1. The molecule has 0 saturated carbocycles. The van der Waals surface area contributed by atoms with Crippen LogP contribution in [0, 0.1) is 46.4 Å². The molecule has 0 unspecified atom stereocenters. The first kappa shape index (κ1) is 52.6. The van der Waals surface area contributed by atoms with Gasteiger partial charge < -0.3 is 0 Å².